The molecule has 1 aromatic carbocycles. The van der Waals surface area contributed by atoms with Crippen molar-refractivity contribution < 1.29 is 0 Å². The predicted molar refractivity (Wildman–Crippen MR) is 78.0 cm³/mol. The lowest BCUT2D eigenvalue weighted by atomic mass is 10.3. The molecule has 20 heavy (non-hydrogen) atoms. The topological polar surface area (TPSA) is 55.4 Å². The van der Waals surface area contributed by atoms with E-state index in [-0.39, 0.29) is 5.56 Å². The number of imidazole rings is 1. The average molecular weight is 271 g/mol. The van der Waals surface area contributed by atoms with Gasteiger partial charge < -0.3 is 4.90 Å². The summed E-state index contributed by atoms with van der Waals surface area (Å²) >= 11 is 0. The number of hydrogen-bond acceptors (Lipinski definition) is 4. The highest BCUT2D eigenvalue weighted by Crippen LogP contribution is 2.14. The van der Waals surface area contributed by atoms with E-state index < -0.39 is 0 Å². The fourth-order valence-electron chi connectivity index (χ4n) is 2.25. The van der Waals surface area contributed by atoms with Crippen LogP contribution in [-0.4, -0.2) is 44.7 Å². The zero-order chi connectivity index (χ0) is 14.3. The lowest BCUT2D eigenvalue weighted by molar-refractivity contribution is 0.381. The first kappa shape index (κ1) is 12.8. The summed E-state index contributed by atoms with van der Waals surface area (Å²) in [7, 11) is 3.97. The third-order valence-corrected chi connectivity index (χ3v) is 3.34. The molecule has 0 aliphatic heterocycles. The highest BCUT2D eigenvalue weighted by atomic mass is 16.1. The zero-order valence-corrected chi connectivity index (χ0v) is 11.9. The van der Waals surface area contributed by atoms with Gasteiger partial charge in [-0.1, -0.05) is 12.1 Å². The van der Waals surface area contributed by atoms with Crippen molar-refractivity contribution in [2.24, 2.45) is 0 Å². The van der Waals surface area contributed by atoms with Gasteiger partial charge in [-0.2, -0.15) is 9.61 Å². The van der Waals surface area contributed by atoms with Gasteiger partial charge in [0.1, 0.15) is 5.69 Å². The van der Waals surface area contributed by atoms with Crippen molar-refractivity contribution in [2.45, 2.75) is 13.5 Å². The second-order valence-electron chi connectivity index (χ2n) is 5.16. The van der Waals surface area contributed by atoms with Gasteiger partial charge in [0.2, 0.25) is 5.78 Å². The molecule has 0 N–H and O–H groups in total. The lowest BCUT2D eigenvalue weighted by Crippen LogP contribution is -2.30. The summed E-state index contributed by atoms with van der Waals surface area (Å²) in [6.45, 7) is 3.12. The van der Waals surface area contributed by atoms with Crippen LogP contribution >= 0.6 is 0 Å². The van der Waals surface area contributed by atoms with Crippen LogP contribution in [0.15, 0.2) is 29.1 Å². The number of para-hydroxylation sites is 2. The molecule has 3 aromatic rings. The summed E-state index contributed by atoms with van der Waals surface area (Å²) in [6.07, 6.45) is 0. The molecule has 0 fully saturated rings. The van der Waals surface area contributed by atoms with E-state index in [1.54, 1.807) is 16.0 Å². The number of likely N-dealkylation sites (N-methyl/N-ethyl adjacent to an activating group) is 1. The smallest absolute Gasteiger partial charge is 0.276 e. The number of aryl methyl sites for hydroxylation is 1. The Morgan fingerprint density at radius 3 is 2.75 bits per heavy atom. The van der Waals surface area contributed by atoms with E-state index in [2.05, 4.69) is 10.1 Å². The minimum absolute atomic E-state index is 0.0744. The van der Waals surface area contributed by atoms with Crippen molar-refractivity contribution >= 4 is 16.8 Å². The molecule has 6 nitrogen and oxygen atoms in total. The molecule has 0 atom stereocenters. The first-order valence-electron chi connectivity index (χ1n) is 6.57. The van der Waals surface area contributed by atoms with Crippen LogP contribution in [0.4, 0.5) is 0 Å². The molecule has 0 spiro atoms. The number of aromatic nitrogens is 4. The van der Waals surface area contributed by atoms with Crippen molar-refractivity contribution in [1.82, 2.24) is 24.1 Å². The summed E-state index contributed by atoms with van der Waals surface area (Å²) < 4.78 is 3.45. The van der Waals surface area contributed by atoms with Crippen LogP contribution in [0.5, 0.6) is 0 Å². The van der Waals surface area contributed by atoms with Crippen LogP contribution < -0.4 is 5.56 Å². The highest BCUT2D eigenvalue weighted by molar-refractivity contribution is 5.78. The normalized spacial score (nSPS) is 11.8. The molecule has 2 aromatic heterocycles. The summed E-state index contributed by atoms with van der Waals surface area (Å²) in [4.78, 5) is 18.9. The Kier molecular flexibility index (Phi) is 3.02. The average Bonchev–Trinajstić information content (AvgIpc) is 2.77. The van der Waals surface area contributed by atoms with Crippen LogP contribution in [-0.2, 0) is 6.54 Å². The summed E-state index contributed by atoms with van der Waals surface area (Å²) in [5, 5.41) is 4.36. The molecule has 0 aliphatic carbocycles. The molecule has 0 saturated heterocycles. The highest BCUT2D eigenvalue weighted by Gasteiger charge is 2.13. The van der Waals surface area contributed by atoms with E-state index in [1.807, 2.05) is 43.3 Å². The van der Waals surface area contributed by atoms with E-state index in [0.29, 0.717) is 18.0 Å². The maximum Gasteiger partial charge on any atom is 0.276 e. The first-order chi connectivity index (χ1) is 9.58. The summed E-state index contributed by atoms with van der Waals surface area (Å²) in [5.74, 6) is 0.601. The standard InChI is InChI=1S/C14H17N5O/c1-10-13(20)18(9-8-17(2)3)14-15-11-6-4-5-7-12(11)19(14)16-10/h4-7H,8-9H2,1-3H3. The second kappa shape index (κ2) is 4.72. The number of hydrogen-bond donors (Lipinski definition) is 0. The maximum absolute atomic E-state index is 12.3. The third kappa shape index (κ3) is 1.98. The molecule has 3 rings (SSSR count). The van der Waals surface area contributed by atoms with Crippen molar-refractivity contribution in [1.29, 1.82) is 0 Å². The predicted octanol–water partition coefficient (Wildman–Crippen LogP) is 0.914. The van der Waals surface area contributed by atoms with Crippen LogP contribution in [0.25, 0.3) is 16.8 Å². The molecule has 0 radical (unpaired) electrons. The van der Waals surface area contributed by atoms with Crippen molar-refractivity contribution in [3.8, 4) is 0 Å². The molecule has 0 amide bonds. The van der Waals surface area contributed by atoms with Crippen molar-refractivity contribution in [3.63, 3.8) is 0 Å². The molecule has 0 bridgehead atoms. The van der Waals surface area contributed by atoms with E-state index in [9.17, 15) is 4.79 Å². The van der Waals surface area contributed by atoms with Gasteiger partial charge in [-0.15, -0.1) is 0 Å². The van der Waals surface area contributed by atoms with Crippen LogP contribution in [0.2, 0.25) is 0 Å². The third-order valence-electron chi connectivity index (χ3n) is 3.34. The number of nitrogens with zero attached hydrogens (tertiary/aromatic N) is 5. The van der Waals surface area contributed by atoms with Gasteiger partial charge in [-0.3, -0.25) is 9.36 Å². The first-order valence-corrected chi connectivity index (χ1v) is 6.57. The van der Waals surface area contributed by atoms with Gasteiger partial charge in [0.05, 0.1) is 11.0 Å². The Labute approximate surface area is 116 Å². The molecule has 0 aliphatic rings. The van der Waals surface area contributed by atoms with Crippen LogP contribution in [0, 0.1) is 6.92 Å². The summed E-state index contributed by atoms with van der Waals surface area (Å²) in [6, 6.07) is 7.77. The van der Waals surface area contributed by atoms with Gasteiger partial charge >= 0.3 is 0 Å². The van der Waals surface area contributed by atoms with Crippen LogP contribution in [0.3, 0.4) is 0 Å². The van der Waals surface area contributed by atoms with Crippen molar-refractivity contribution in [3.05, 3.63) is 40.3 Å². The minimum Gasteiger partial charge on any atom is -0.308 e. The Morgan fingerprint density at radius 2 is 2.00 bits per heavy atom. The fraction of sp³-hybridized carbons (Fsp3) is 0.357. The van der Waals surface area contributed by atoms with E-state index >= 15 is 0 Å². The lowest BCUT2D eigenvalue weighted by Gasteiger charge is -2.12. The Bertz CT molecular complexity index is 831. The Hall–Kier alpha value is -2.21. The second-order valence-corrected chi connectivity index (χ2v) is 5.16. The number of benzene rings is 1. The molecular formula is C14H17N5O. The van der Waals surface area contributed by atoms with E-state index in [0.717, 1.165) is 17.6 Å². The molecule has 0 unspecified atom stereocenters. The largest absolute Gasteiger partial charge is 0.308 e. The van der Waals surface area contributed by atoms with Gasteiger partial charge in [-0.25, -0.2) is 4.98 Å². The monoisotopic (exact) mass is 271 g/mol. The Morgan fingerprint density at radius 1 is 1.25 bits per heavy atom. The quantitative estimate of drug-likeness (QED) is 0.710. The molecule has 0 saturated carbocycles. The number of rotatable bonds is 3. The minimum atomic E-state index is -0.0744. The molecule has 6 heteroatoms. The van der Waals surface area contributed by atoms with E-state index in [1.165, 1.54) is 0 Å². The SMILES string of the molecule is Cc1nn2c3ccccc3nc2n(CCN(C)C)c1=O. The van der Waals surface area contributed by atoms with E-state index in [4.69, 9.17) is 0 Å². The van der Waals surface area contributed by atoms with Gasteiger partial charge in [0.15, 0.2) is 0 Å². The van der Waals surface area contributed by atoms with Gasteiger partial charge in [0, 0.05) is 13.1 Å². The molecular weight excluding hydrogens is 254 g/mol. The van der Waals surface area contributed by atoms with Crippen molar-refractivity contribution in [2.75, 3.05) is 20.6 Å². The van der Waals surface area contributed by atoms with Crippen LogP contribution in [0.1, 0.15) is 5.69 Å². The summed E-state index contributed by atoms with van der Waals surface area (Å²) in [5.41, 5.74) is 2.18. The maximum atomic E-state index is 12.3. The molecule has 104 valence electrons. The van der Waals surface area contributed by atoms with Gasteiger partial charge in [-0.05, 0) is 33.2 Å². The zero-order valence-electron chi connectivity index (χ0n) is 11.9. The number of fused-ring (bicyclic) bond motifs is 3. The fourth-order valence-corrected chi connectivity index (χ4v) is 2.25. The Balaban J connectivity index is 2.30. The molecule has 2 heterocycles. The van der Waals surface area contributed by atoms with Gasteiger partial charge in [0.25, 0.3) is 5.56 Å².